The summed E-state index contributed by atoms with van der Waals surface area (Å²) in [5.74, 6) is 1.05. The van der Waals surface area contributed by atoms with Crippen LogP contribution >= 0.6 is 0 Å². The smallest absolute Gasteiger partial charge is 0.0659 e. The molecule has 1 N–H and O–H groups in total. The highest BCUT2D eigenvalue weighted by Gasteiger charge is 2.45. The molecule has 0 aromatic carbocycles. The van der Waals surface area contributed by atoms with Crippen LogP contribution in [0.1, 0.15) is 26.7 Å². The van der Waals surface area contributed by atoms with E-state index in [2.05, 4.69) is 26.0 Å². The maximum Gasteiger partial charge on any atom is 0.0659 e. The first kappa shape index (κ1) is 7.35. The maximum absolute atomic E-state index is 9.88. The Balaban J connectivity index is 2.34. The average Bonchev–Trinajstić information content (AvgIpc) is 2.01. The number of hydrogen-bond donors (Lipinski definition) is 1. The summed E-state index contributed by atoms with van der Waals surface area (Å²) >= 11 is 0. The molecule has 62 valence electrons. The van der Waals surface area contributed by atoms with E-state index in [9.17, 15) is 5.11 Å². The monoisotopic (exact) mass is 152 g/mol. The van der Waals surface area contributed by atoms with Crippen LogP contribution in [-0.2, 0) is 0 Å². The predicted octanol–water partition coefficient (Wildman–Crippen LogP) is 1.97. The lowest BCUT2D eigenvalue weighted by molar-refractivity contribution is -0.0504. The first-order chi connectivity index (χ1) is 5.12. The minimum atomic E-state index is -0.105. The summed E-state index contributed by atoms with van der Waals surface area (Å²) < 4.78 is 0. The normalized spacial score (nSPS) is 46.3. The molecule has 3 rings (SSSR count). The molecule has 1 heteroatoms. The Morgan fingerprint density at radius 2 is 2.00 bits per heavy atom. The largest absolute Gasteiger partial charge is 0.392 e. The van der Waals surface area contributed by atoms with Gasteiger partial charge < -0.3 is 5.11 Å². The first-order valence-electron chi connectivity index (χ1n) is 4.49. The summed E-state index contributed by atoms with van der Waals surface area (Å²) in [5, 5.41) is 9.88. The lowest BCUT2D eigenvalue weighted by Gasteiger charge is -2.48. The maximum atomic E-state index is 9.88. The van der Waals surface area contributed by atoms with Gasteiger partial charge in [-0.05, 0) is 24.2 Å². The molecule has 0 radical (unpaired) electrons. The summed E-state index contributed by atoms with van der Waals surface area (Å²) in [6, 6.07) is 0. The molecule has 3 aliphatic carbocycles. The lowest BCUT2D eigenvalue weighted by atomic mass is 9.59. The molecule has 1 fully saturated rings. The Bertz CT molecular complexity index is 193. The number of allylic oxidation sites excluding steroid dienone is 1. The molecule has 3 aliphatic rings. The summed E-state index contributed by atoms with van der Waals surface area (Å²) in [4.78, 5) is 0. The fourth-order valence-corrected chi connectivity index (χ4v) is 2.50. The van der Waals surface area contributed by atoms with E-state index in [1.165, 1.54) is 12.8 Å². The van der Waals surface area contributed by atoms with Crippen molar-refractivity contribution in [2.75, 3.05) is 0 Å². The van der Waals surface area contributed by atoms with Crippen molar-refractivity contribution in [2.45, 2.75) is 32.8 Å². The van der Waals surface area contributed by atoms with Crippen LogP contribution in [0.2, 0.25) is 0 Å². The van der Waals surface area contributed by atoms with Gasteiger partial charge in [0.05, 0.1) is 6.10 Å². The van der Waals surface area contributed by atoms with Gasteiger partial charge in [-0.1, -0.05) is 26.0 Å². The van der Waals surface area contributed by atoms with Crippen molar-refractivity contribution in [1.82, 2.24) is 0 Å². The van der Waals surface area contributed by atoms with Gasteiger partial charge in [-0.3, -0.25) is 0 Å². The number of hydrogen-bond acceptors (Lipinski definition) is 1. The first-order valence-corrected chi connectivity index (χ1v) is 4.49. The molecule has 1 saturated carbocycles. The highest BCUT2D eigenvalue weighted by Crippen LogP contribution is 2.48. The quantitative estimate of drug-likeness (QED) is 0.526. The van der Waals surface area contributed by atoms with Gasteiger partial charge in [0.25, 0.3) is 0 Å². The van der Waals surface area contributed by atoms with Crippen molar-refractivity contribution < 1.29 is 5.11 Å². The van der Waals surface area contributed by atoms with Crippen LogP contribution in [0.25, 0.3) is 0 Å². The zero-order chi connectivity index (χ0) is 8.06. The van der Waals surface area contributed by atoms with Crippen molar-refractivity contribution in [3.63, 3.8) is 0 Å². The van der Waals surface area contributed by atoms with Gasteiger partial charge in [-0.25, -0.2) is 0 Å². The molecule has 0 aromatic heterocycles. The van der Waals surface area contributed by atoms with Crippen molar-refractivity contribution in [3.8, 4) is 0 Å². The summed E-state index contributed by atoms with van der Waals surface area (Å²) in [6.45, 7) is 4.36. The highest BCUT2D eigenvalue weighted by molar-refractivity contribution is 5.13. The number of fused-ring (bicyclic) bond motifs is 2. The molecular formula is C10H16O. The molecule has 0 aliphatic heterocycles. The lowest BCUT2D eigenvalue weighted by Crippen LogP contribution is -2.47. The van der Waals surface area contributed by atoms with Gasteiger partial charge in [-0.15, -0.1) is 0 Å². The molecule has 0 amide bonds. The Morgan fingerprint density at radius 1 is 1.27 bits per heavy atom. The van der Waals surface area contributed by atoms with Crippen LogP contribution in [0.3, 0.4) is 0 Å². The van der Waals surface area contributed by atoms with Crippen molar-refractivity contribution in [2.24, 2.45) is 17.3 Å². The van der Waals surface area contributed by atoms with Crippen LogP contribution < -0.4 is 0 Å². The van der Waals surface area contributed by atoms with Crippen LogP contribution in [0.15, 0.2) is 12.2 Å². The van der Waals surface area contributed by atoms with E-state index in [1.807, 2.05) is 0 Å². The van der Waals surface area contributed by atoms with Gasteiger partial charge in [0.2, 0.25) is 0 Å². The van der Waals surface area contributed by atoms with Crippen LogP contribution in [0, 0.1) is 17.3 Å². The third-order valence-corrected chi connectivity index (χ3v) is 3.53. The fourth-order valence-electron chi connectivity index (χ4n) is 2.50. The van der Waals surface area contributed by atoms with Gasteiger partial charge in [0, 0.05) is 5.92 Å². The van der Waals surface area contributed by atoms with Gasteiger partial charge in [0.1, 0.15) is 0 Å². The third-order valence-electron chi connectivity index (χ3n) is 3.53. The Morgan fingerprint density at radius 3 is 2.27 bits per heavy atom. The van der Waals surface area contributed by atoms with Gasteiger partial charge in [0.15, 0.2) is 0 Å². The number of aliphatic hydroxyl groups excluding tert-OH is 1. The van der Waals surface area contributed by atoms with E-state index in [0.717, 1.165) is 0 Å². The van der Waals surface area contributed by atoms with E-state index in [1.54, 1.807) is 0 Å². The molecular weight excluding hydrogens is 136 g/mol. The van der Waals surface area contributed by atoms with E-state index in [4.69, 9.17) is 0 Å². The standard InChI is InChI=1S/C10H16O/c1-10(2)8-5-3-7(4-6-8)9(10)11/h3,5,7-9,11H,4,6H2,1-2H3/t7-,8+,9+/m0/s1. The second kappa shape index (κ2) is 2.10. The molecule has 0 aromatic rings. The van der Waals surface area contributed by atoms with Crippen LogP contribution in [0.5, 0.6) is 0 Å². The van der Waals surface area contributed by atoms with Crippen molar-refractivity contribution in [3.05, 3.63) is 12.2 Å². The second-order valence-electron chi connectivity index (χ2n) is 4.50. The molecule has 11 heavy (non-hydrogen) atoms. The van der Waals surface area contributed by atoms with Crippen molar-refractivity contribution >= 4 is 0 Å². The Labute approximate surface area is 68.1 Å². The average molecular weight is 152 g/mol. The Kier molecular flexibility index (Phi) is 1.40. The van der Waals surface area contributed by atoms with Crippen molar-refractivity contribution in [1.29, 1.82) is 0 Å². The molecule has 2 bridgehead atoms. The predicted molar refractivity (Wildman–Crippen MR) is 45.1 cm³/mol. The van der Waals surface area contributed by atoms with E-state index in [0.29, 0.717) is 11.8 Å². The summed E-state index contributed by atoms with van der Waals surface area (Å²) in [5.41, 5.74) is 0.123. The molecule has 3 atom stereocenters. The van der Waals surface area contributed by atoms with Crippen LogP contribution in [0.4, 0.5) is 0 Å². The summed E-state index contributed by atoms with van der Waals surface area (Å²) in [7, 11) is 0. The number of aliphatic hydroxyl groups is 1. The summed E-state index contributed by atoms with van der Waals surface area (Å²) in [6.07, 6.45) is 6.84. The van der Waals surface area contributed by atoms with E-state index < -0.39 is 0 Å². The number of rotatable bonds is 0. The zero-order valence-electron chi connectivity index (χ0n) is 7.25. The minimum Gasteiger partial charge on any atom is -0.392 e. The third kappa shape index (κ3) is 0.871. The fraction of sp³-hybridized carbons (Fsp3) is 0.800. The van der Waals surface area contributed by atoms with Gasteiger partial charge >= 0.3 is 0 Å². The molecule has 0 saturated heterocycles. The minimum absolute atomic E-state index is 0.105. The molecule has 0 unspecified atom stereocenters. The second-order valence-corrected chi connectivity index (χ2v) is 4.50. The topological polar surface area (TPSA) is 20.2 Å². The van der Waals surface area contributed by atoms with Gasteiger partial charge in [-0.2, -0.15) is 0 Å². The SMILES string of the molecule is CC1(C)[C@@H]2C=C[C@@H](CC2)[C@H]1O. The highest BCUT2D eigenvalue weighted by atomic mass is 16.3. The molecule has 0 heterocycles. The zero-order valence-corrected chi connectivity index (χ0v) is 7.25. The Hall–Kier alpha value is -0.300. The molecule has 0 spiro atoms. The van der Waals surface area contributed by atoms with E-state index >= 15 is 0 Å². The molecule has 1 nitrogen and oxygen atoms in total. The van der Waals surface area contributed by atoms with E-state index in [-0.39, 0.29) is 11.5 Å². The van der Waals surface area contributed by atoms with Crippen LogP contribution in [-0.4, -0.2) is 11.2 Å².